The van der Waals surface area contributed by atoms with Gasteiger partial charge in [0.25, 0.3) is 5.91 Å². The molecule has 0 aromatic rings. The van der Waals surface area contributed by atoms with Gasteiger partial charge in [0.2, 0.25) is 10.0 Å². The Bertz CT molecular complexity index is 358. The molecule has 0 saturated carbocycles. The molecule has 0 radical (unpaired) electrons. The van der Waals surface area contributed by atoms with E-state index in [0.29, 0.717) is 25.0 Å². The van der Waals surface area contributed by atoms with E-state index in [4.69, 9.17) is 4.74 Å². The fourth-order valence-electron chi connectivity index (χ4n) is 1.26. The molecule has 0 bridgehead atoms. The number of carbonyl (C=O) groups is 1. The first kappa shape index (κ1) is 12.0. The molecule has 0 saturated heterocycles. The standard InChI is InChI=1S/C9H15NO4S/c1-2-6-15(12,13)10-9(11)8-4-3-5-14-7-8/h7H,2-6H2,1H3,(H,10,11). The maximum Gasteiger partial charge on any atom is 0.263 e. The lowest BCUT2D eigenvalue weighted by Crippen LogP contribution is -2.34. The maximum atomic E-state index is 11.4. The zero-order valence-electron chi connectivity index (χ0n) is 8.65. The van der Waals surface area contributed by atoms with Crippen molar-refractivity contribution in [1.29, 1.82) is 0 Å². The second-order valence-electron chi connectivity index (χ2n) is 3.37. The highest BCUT2D eigenvalue weighted by molar-refractivity contribution is 7.90. The molecule has 1 N–H and O–H groups in total. The molecule has 0 aromatic heterocycles. The number of nitrogens with one attached hydrogen (secondary N) is 1. The molecule has 0 spiro atoms. The Kier molecular flexibility index (Phi) is 4.14. The third-order valence-corrected chi connectivity index (χ3v) is 3.39. The van der Waals surface area contributed by atoms with E-state index < -0.39 is 15.9 Å². The summed E-state index contributed by atoms with van der Waals surface area (Å²) in [6.45, 7) is 2.32. The maximum absolute atomic E-state index is 11.4. The number of ether oxygens (including phenoxy) is 1. The van der Waals surface area contributed by atoms with Crippen LogP contribution in [0.25, 0.3) is 0 Å². The Labute approximate surface area is 89.5 Å². The first-order chi connectivity index (χ1) is 7.05. The summed E-state index contributed by atoms with van der Waals surface area (Å²) in [5.74, 6) is -0.601. The van der Waals surface area contributed by atoms with Crippen LogP contribution in [0, 0.1) is 0 Å². The molecule has 6 heteroatoms. The Balaban J connectivity index is 2.59. The molecule has 0 aromatic carbocycles. The molecular weight excluding hydrogens is 218 g/mol. The van der Waals surface area contributed by atoms with Gasteiger partial charge in [0.1, 0.15) is 0 Å². The first-order valence-corrected chi connectivity index (χ1v) is 6.56. The second kappa shape index (κ2) is 5.16. The molecule has 0 fully saturated rings. The Morgan fingerprint density at radius 1 is 1.60 bits per heavy atom. The van der Waals surface area contributed by atoms with Crippen LogP contribution in [0.5, 0.6) is 0 Å². The van der Waals surface area contributed by atoms with E-state index in [1.54, 1.807) is 6.92 Å². The van der Waals surface area contributed by atoms with Crippen LogP contribution in [0.3, 0.4) is 0 Å². The van der Waals surface area contributed by atoms with Crippen molar-refractivity contribution >= 4 is 15.9 Å². The van der Waals surface area contributed by atoms with Gasteiger partial charge in [0.15, 0.2) is 0 Å². The lowest BCUT2D eigenvalue weighted by molar-refractivity contribution is -0.116. The molecule has 5 nitrogen and oxygen atoms in total. The summed E-state index contributed by atoms with van der Waals surface area (Å²) < 4.78 is 29.5. The molecule has 86 valence electrons. The van der Waals surface area contributed by atoms with E-state index in [2.05, 4.69) is 0 Å². The summed E-state index contributed by atoms with van der Waals surface area (Å²) in [7, 11) is -3.48. The quantitative estimate of drug-likeness (QED) is 0.769. The Hall–Kier alpha value is -1.04. The molecule has 1 aliphatic heterocycles. The fourth-order valence-corrected chi connectivity index (χ4v) is 2.31. The molecule has 1 heterocycles. The number of hydrogen-bond acceptors (Lipinski definition) is 4. The van der Waals surface area contributed by atoms with Gasteiger partial charge in [-0.1, -0.05) is 6.92 Å². The van der Waals surface area contributed by atoms with Gasteiger partial charge < -0.3 is 4.74 Å². The normalized spacial score (nSPS) is 16.5. The summed E-state index contributed by atoms with van der Waals surface area (Å²) in [6, 6.07) is 0. The summed E-state index contributed by atoms with van der Waals surface area (Å²) in [5, 5.41) is 0. The van der Waals surface area contributed by atoms with E-state index in [1.807, 2.05) is 4.72 Å². The third kappa shape index (κ3) is 3.91. The van der Waals surface area contributed by atoms with Crippen molar-refractivity contribution in [2.24, 2.45) is 0 Å². The van der Waals surface area contributed by atoms with Crippen molar-refractivity contribution < 1.29 is 17.9 Å². The van der Waals surface area contributed by atoms with Gasteiger partial charge in [-0.15, -0.1) is 0 Å². The number of rotatable bonds is 4. The number of amides is 1. The first-order valence-electron chi connectivity index (χ1n) is 4.90. The van der Waals surface area contributed by atoms with Gasteiger partial charge in [-0.2, -0.15) is 0 Å². The highest BCUT2D eigenvalue weighted by Gasteiger charge is 2.18. The number of sulfonamides is 1. The minimum absolute atomic E-state index is 0.0348. The highest BCUT2D eigenvalue weighted by Crippen LogP contribution is 2.11. The number of hydrogen-bond donors (Lipinski definition) is 1. The summed E-state index contributed by atoms with van der Waals surface area (Å²) in [6.07, 6.45) is 3.12. The minimum Gasteiger partial charge on any atom is -0.501 e. The van der Waals surface area contributed by atoms with Crippen LogP contribution in [0.4, 0.5) is 0 Å². The molecule has 0 atom stereocenters. The van der Waals surface area contributed by atoms with Crippen LogP contribution in [0.1, 0.15) is 26.2 Å². The topological polar surface area (TPSA) is 72.5 Å². The van der Waals surface area contributed by atoms with E-state index in [0.717, 1.165) is 6.42 Å². The smallest absolute Gasteiger partial charge is 0.263 e. The zero-order chi connectivity index (χ0) is 11.3. The predicted molar refractivity (Wildman–Crippen MR) is 55.5 cm³/mol. The van der Waals surface area contributed by atoms with Crippen LogP contribution < -0.4 is 4.72 Å². The molecule has 0 aliphatic carbocycles. The van der Waals surface area contributed by atoms with Gasteiger partial charge in [-0.05, 0) is 19.3 Å². The third-order valence-electron chi connectivity index (χ3n) is 1.95. The van der Waals surface area contributed by atoms with Crippen LogP contribution in [0.2, 0.25) is 0 Å². The van der Waals surface area contributed by atoms with E-state index in [9.17, 15) is 13.2 Å². The monoisotopic (exact) mass is 233 g/mol. The lowest BCUT2D eigenvalue weighted by Gasteiger charge is -2.13. The average Bonchev–Trinajstić information content (AvgIpc) is 2.18. The molecule has 1 rings (SSSR count). The Morgan fingerprint density at radius 3 is 2.87 bits per heavy atom. The van der Waals surface area contributed by atoms with E-state index in [-0.39, 0.29) is 5.75 Å². The average molecular weight is 233 g/mol. The molecule has 1 amide bonds. The van der Waals surface area contributed by atoms with Crippen LogP contribution in [0.15, 0.2) is 11.8 Å². The molecule has 1 aliphatic rings. The van der Waals surface area contributed by atoms with Crippen LogP contribution in [-0.2, 0) is 19.6 Å². The summed E-state index contributed by atoms with van der Waals surface area (Å²) in [5.41, 5.74) is 0.390. The van der Waals surface area contributed by atoms with Crippen molar-refractivity contribution in [3.8, 4) is 0 Å². The molecule has 0 unspecified atom stereocenters. The van der Waals surface area contributed by atoms with Gasteiger partial charge >= 0.3 is 0 Å². The van der Waals surface area contributed by atoms with E-state index >= 15 is 0 Å². The van der Waals surface area contributed by atoms with Gasteiger partial charge in [0, 0.05) is 0 Å². The van der Waals surface area contributed by atoms with Crippen molar-refractivity contribution in [2.75, 3.05) is 12.4 Å². The number of carbonyl (C=O) groups excluding carboxylic acids is 1. The van der Waals surface area contributed by atoms with Crippen LogP contribution >= 0.6 is 0 Å². The lowest BCUT2D eigenvalue weighted by atomic mass is 10.1. The fraction of sp³-hybridized carbons (Fsp3) is 0.667. The summed E-state index contributed by atoms with van der Waals surface area (Å²) in [4.78, 5) is 11.4. The van der Waals surface area contributed by atoms with E-state index in [1.165, 1.54) is 6.26 Å². The zero-order valence-corrected chi connectivity index (χ0v) is 9.47. The van der Waals surface area contributed by atoms with Crippen molar-refractivity contribution in [3.05, 3.63) is 11.8 Å². The largest absolute Gasteiger partial charge is 0.501 e. The second-order valence-corrected chi connectivity index (χ2v) is 5.21. The highest BCUT2D eigenvalue weighted by atomic mass is 32.2. The minimum atomic E-state index is -3.48. The SMILES string of the molecule is CCCS(=O)(=O)NC(=O)C1=COCCC1. The molecule has 15 heavy (non-hydrogen) atoms. The van der Waals surface area contributed by atoms with Crippen molar-refractivity contribution in [2.45, 2.75) is 26.2 Å². The molecular formula is C9H15NO4S. The Morgan fingerprint density at radius 2 is 2.33 bits per heavy atom. The van der Waals surface area contributed by atoms with Gasteiger partial charge in [-0.3, -0.25) is 4.79 Å². The predicted octanol–water partition coefficient (Wildman–Crippen LogP) is 0.537. The summed E-state index contributed by atoms with van der Waals surface area (Å²) >= 11 is 0. The van der Waals surface area contributed by atoms with Crippen LogP contribution in [-0.4, -0.2) is 26.7 Å². The van der Waals surface area contributed by atoms with Crippen molar-refractivity contribution in [1.82, 2.24) is 4.72 Å². The van der Waals surface area contributed by atoms with Gasteiger partial charge in [0.05, 0.1) is 24.2 Å². The van der Waals surface area contributed by atoms with Crippen molar-refractivity contribution in [3.63, 3.8) is 0 Å². The van der Waals surface area contributed by atoms with Gasteiger partial charge in [-0.25, -0.2) is 13.1 Å².